The van der Waals surface area contributed by atoms with Gasteiger partial charge in [0.15, 0.2) is 6.73 Å². The smallest absolute Gasteiger partial charge is 0.158 e. The summed E-state index contributed by atoms with van der Waals surface area (Å²) in [4.78, 5) is 4.27. The fraction of sp³-hybridized carbons (Fsp3) is 0.0769. The lowest BCUT2D eigenvalue weighted by Crippen LogP contribution is -1.98. The minimum absolute atomic E-state index is 0.147. The number of para-hydroxylation sites is 2. The molecule has 2 aromatic carbocycles. The minimum atomic E-state index is 0.147. The summed E-state index contributed by atoms with van der Waals surface area (Å²) < 4.78 is 1.95. The molecule has 3 aromatic rings. The molecule has 1 aromatic heterocycles. The first-order chi connectivity index (χ1) is 7.92. The van der Waals surface area contributed by atoms with E-state index in [2.05, 4.69) is 17.0 Å². The number of hydrogen-bond acceptors (Lipinski definition) is 2. The SMILES string of the molecule is OOCn1c2ccccc2c2ccccc21. The average molecular weight is 213 g/mol. The van der Waals surface area contributed by atoms with Crippen molar-refractivity contribution in [1.82, 2.24) is 4.57 Å². The van der Waals surface area contributed by atoms with Crippen LogP contribution in [0.5, 0.6) is 0 Å². The van der Waals surface area contributed by atoms with Crippen LogP contribution in [0, 0.1) is 0 Å². The van der Waals surface area contributed by atoms with Crippen LogP contribution in [0.15, 0.2) is 48.5 Å². The molecule has 1 N–H and O–H groups in total. The van der Waals surface area contributed by atoms with Crippen LogP contribution in [0.25, 0.3) is 21.8 Å². The van der Waals surface area contributed by atoms with E-state index in [0.29, 0.717) is 0 Å². The first kappa shape index (κ1) is 9.39. The lowest BCUT2D eigenvalue weighted by molar-refractivity contribution is -0.267. The third kappa shape index (κ3) is 1.23. The van der Waals surface area contributed by atoms with Crippen molar-refractivity contribution in [3.05, 3.63) is 48.5 Å². The third-order valence-corrected chi connectivity index (χ3v) is 2.87. The van der Waals surface area contributed by atoms with Gasteiger partial charge in [0.05, 0.1) is 11.0 Å². The number of nitrogens with zero attached hydrogens (tertiary/aromatic N) is 1. The highest BCUT2D eigenvalue weighted by molar-refractivity contribution is 6.07. The number of hydrogen-bond donors (Lipinski definition) is 1. The van der Waals surface area contributed by atoms with Gasteiger partial charge in [0.25, 0.3) is 0 Å². The number of aromatic nitrogens is 1. The Kier molecular flexibility index (Phi) is 2.13. The molecule has 0 saturated heterocycles. The van der Waals surface area contributed by atoms with Gasteiger partial charge in [-0.05, 0) is 12.1 Å². The van der Waals surface area contributed by atoms with Crippen molar-refractivity contribution in [2.24, 2.45) is 0 Å². The molecule has 0 fully saturated rings. The van der Waals surface area contributed by atoms with Crippen LogP contribution in [-0.4, -0.2) is 9.82 Å². The predicted octanol–water partition coefficient (Wildman–Crippen LogP) is 3.24. The molecule has 1 heterocycles. The van der Waals surface area contributed by atoms with Gasteiger partial charge in [-0.3, -0.25) is 0 Å². The maximum Gasteiger partial charge on any atom is 0.158 e. The summed E-state index contributed by atoms with van der Waals surface area (Å²) in [6, 6.07) is 16.2. The molecule has 80 valence electrons. The van der Waals surface area contributed by atoms with Gasteiger partial charge in [-0.25, -0.2) is 10.1 Å². The van der Waals surface area contributed by atoms with Crippen LogP contribution >= 0.6 is 0 Å². The zero-order valence-electron chi connectivity index (χ0n) is 8.63. The topological polar surface area (TPSA) is 34.4 Å². The van der Waals surface area contributed by atoms with Gasteiger partial charge in [-0.2, -0.15) is 0 Å². The van der Waals surface area contributed by atoms with E-state index in [-0.39, 0.29) is 6.73 Å². The second kappa shape index (κ2) is 3.63. The summed E-state index contributed by atoms with van der Waals surface area (Å²) in [7, 11) is 0. The highest BCUT2D eigenvalue weighted by Crippen LogP contribution is 2.28. The standard InChI is InChI=1S/C13H11NO2/c15-16-9-14-12-7-3-1-5-10(12)11-6-2-4-8-13(11)14/h1-8,15H,9H2. The van der Waals surface area contributed by atoms with Crippen LogP contribution in [0.3, 0.4) is 0 Å². The van der Waals surface area contributed by atoms with E-state index in [1.54, 1.807) is 0 Å². The zero-order valence-corrected chi connectivity index (χ0v) is 8.63. The molecule has 0 unspecified atom stereocenters. The zero-order chi connectivity index (χ0) is 11.0. The molecule has 0 radical (unpaired) electrons. The maximum atomic E-state index is 8.64. The van der Waals surface area contributed by atoms with Crippen molar-refractivity contribution < 1.29 is 10.1 Å². The van der Waals surface area contributed by atoms with Crippen molar-refractivity contribution in [2.75, 3.05) is 0 Å². The normalized spacial score (nSPS) is 11.3. The third-order valence-electron chi connectivity index (χ3n) is 2.87. The van der Waals surface area contributed by atoms with Crippen molar-refractivity contribution >= 4 is 21.8 Å². The van der Waals surface area contributed by atoms with Crippen molar-refractivity contribution in [3.8, 4) is 0 Å². The Bertz CT molecular complexity index is 589. The van der Waals surface area contributed by atoms with Gasteiger partial charge in [0.2, 0.25) is 0 Å². The second-order valence-corrected chi connectivity index (χ2v) is 3.72. The van der Waals surface area contributed by atoms with Gasteiger partial charge >= 0.3 is 0 Å². The van der Waals surface area contributed by atoms with E-state index in [0.717, 1.165) is 11.0 Å². The Morgan fingerprint density at radius 1 is 0.875 bits per heavy atom. The van der Waals surface area contributed by atoms with E-state index in [1.165, 1.54) is 10.8 Å². The van der Waals surface area contributed by atoms with E-state index in [1.807, 2.05) is 41.0 Å². The molecule has 0 aliphatic carbocycles. The largest absolute Gasteiger partial charge is 0.314 e. The van der Waals surface area contributed by atoms with Gasteiger partial charge in [0, 0.05) is 10.8 Å². The number of benzene rings is 2. The van der Waals surface area contributed by atoms with Crippen LogP contribution < -0.4 is 0 Å². The Balaban J connectivity index is 2.49. The molecule has 0 saturated carbocycles. The Hall–Kier alpha value is -1.84. The van der Waals surface area contributed by atoms with Crippen LogP contribution in [0.2, 0.25) is 0 Å². The Morgan fingerprint density at radius 2 is 1.38 bits per heavy atom. The molecule has 0 bridgehead atoms. The lowest BCUT2D eigenvalue weighted by atomic mass is 10.2. The van der Waals surface area contributed by atoms with Crippen molar-refractivity contribution in [3.63, 3.8) is 0 Å². The van der Waals surface area contributed by atoms with Crippen LogP contribution in [-0.2, 0) is 11.6 Å². The molecule has 3 rings (SSSR count). The van der Waals surface area contributed by atoms with Gasteiger partial charge in [-0.15, -0.1) is 0 Å². The van der Waals surface area contributed by atoms with Crippen LogP contribution in [0.1, 0.15) is 0 Å². The summed E-state index contributed by atoms with van der Waals surface area (Å²) in [5.41, 5.74) is 2.13. The molecule has 0 aliphatic heterocycles. The summed E-state index contributed by atoms with van der Waals surface area (Å²) >= 11 is 0. The summed E-state index contributed by atoms with van der Waals surface area (Å²) in [5.74, 6) is 0. The predicted molar refractivity (Wildman–Crippen MR) is 63.2 cm³/mol. The van der Waals surface area contributed by atoms with Gasteiger partial charge in [-0.1, -0.05) is 36.4 Å². The first-order valence-corrected chi connectivity index (χ1v) is 5.14. The van der Waals surface area contributed by atoms with E-state index in [4.69, 9.17) is 5.26 Å². The average Bonchev–Trinajstić information content (AvgIpc) is 2.66. The molecule has 16 heavy (non-hydrogen) atoms. The quantitative estimate of drug-likeness (QED) is 0.523. The fourth-order valence-electron chi connectivity index (χ4n) is 2.20. The van der Waals surface area contributed by atoms with E-state index < -0.39 is 0 Å². The second-order valence-electron chi connectivity index (χ2n) is 3.72. The van der Waals surface area contributed by atoms with E-state index in [9.17, 15) is 0 Å². The molecule has 0 spiro atoms. The highest BCUT2D eigenvalue weighted by Gasteiger charge is 2.08. The molecule has 0 atom stereocenters. The molecule has 3 nitrogen and oxygen atoms in total. The highest BCUT2D eigenvalue weighted by atomic mass is 17.1. The van der Waals surface area contributed by atoms with Crippen molar-refractivity contribution in [2.45, 2.75) is 6.73 Å². The van der Waals surface area contributed by atoms with Gasteiger partial charge < -0.3 is 4.57 Å². The Morgan fingerprint density at radius 3 is 1.88 bits per heavy atom. The van der Waals surface area contributed by atoms with E-state index >= 15 is 0 Å². The molecule has 3 heteroatoms. The molecule has 0 amide bonds. The van der Waals surface area contributed by atoms with Gasteiger partial charge in [0.1, 0.15) is 0 Å². The molecular formula is C13H11NO2. The first-order valence-electron chi connectivity index (χ1n) is 5.14. The monoisotopic (exact) mass is 213 g/mol. The maximum absolute atomic E-state index is 8.64. The minimum Gasteiger partial charge on any atom is -0.314 e. The number of fused-ring (bicyclic) bond motifs is 3. The summed E-state index contributed by atoms with van der Waals surface area (Å²) in [5, 5.41) is 11.0. The molecule has 0 aliphatic rings. The lowest BCUT2D eigenvalue weighted by Gasteiger charge is -2.03. The summed E-state index contributed by atoms with van der Waals surface area (Å²) in [6.07, 6.45) is 0. The molecular weight excluding hydrogens is 202 g/mol. The summed E-state index contributed by atoms with van der Waals surface area (Å²) in [6.45, 7) is 0.147. The number of rotatable bonds is 2. The van der Waals surface area contributed by atoms with Crippen LogP contribution in [0.4, 0.5) is 0 Å². The van der Waals surface area contributed by atoms with Crippen molar-refractivity contribution in [1.29, 1.82) is 0 Å². The Labute approximate surface area is 92.4 Å². The fourth-order valence-corrected chi connectivity index (χ4v) is 2.20.